The van der Waals surface area contributed by atoms with Crippen molar-refractivity contribution in [2.45, 2.75) is 59.9 Å². The van der Waals surface area contributed by atoms with Gasteiger partial charge in [0.15, 0.2) is 6.29 Å². The highest BCUT2D eigenvalue weighted by Crippen LogP contribution is 2.48. The molecule has 0 fully saturated rings. The first kappa shape index (κ1) is 18.9. The quantitative estimate of drug-likeness (QED) is 0.407. The van der Waals surface area contributed by atoms with Crippen molar-refractivity contribution >= 4 is 5.97 Å². The first-order chi connectivity index (χ1) is 10.3. The molecule has 4 atom stereocenters. The van der Waals surface area contributed by atoms with Crippen LogP contribution in [0.25, 0.3) is 0 Å². The van der Waals surface area contributed by atoms with Gasteiger partial charge in [-0.15, -0.1) is 0 Å². The van der Waals surface area contributed by atoms with Crippen LogP contribution in [0.4, 0.5) is 0 Å². The topological polar surface area (TPSA) is 44.8 Å². The minimum atomic E-state index is -0.386. The van der Waals surface area contributed by atoms with E-state index in [9.17, 15) is 4.79 Å². The van der Waals surface area contributed by atoms with Gasteiger partial charge in [0, 0.05) is 12.0 Å². The third kappa shape index (κ3) is 4.20. The lowest BCUT2D eigenvalue weighted by Crippen LogP contribution is -2.47. The van der Waals surface area contributed by atoms with Crippen LogP contribution in [-0.2, 0) is 19.0 Å². The molecule has 0 radical (unpaired) electrons. The van der Waals surface area contributed by atoms with E-state index in [-0.39, 0.29) is 29.7 Å². The Kier molecular flexibility index (Phi) is 6.82. The summed E-state index contributed by atoms with van der Waals surface area (Å²) in [6.07, 6.45) is 2.84. The molecule has 0 saturated heterocycles. The first-order valence-electron chi connectivity index (χ1n) is 7.92. The molecular formula is C18H30O4. The molecule has 0 aromatic rings. The number of ether oxygens (including phenoxy) is 3. The standard InChI is InChI=1S/C18H30O4/c1-8-21-14(5)22-17-13(4)9-10-15(12(2)3)18(17,6)11-16(19)20-7/h9,14-15,17H,2,8,10-11H2,1,3-7H3/t14?,15-,17-,18-/m0/s1. The number of allylic oxidation sites excluding steroid dienone is 2. The van der Waals surface area contributed by atoms with Crippen LogP contribution in [-0.4, -0.2) is 32.1 Å². The van der Waals surface area contributed by atoms with Crippen LogP contribution in [0.5, 0.6) is 0 Å². The molecule has 4 heteroatoms. The van der Waals surface area contributed by atoms with E-state index in [1.807, 2.05) is 27.7 Å². The lowest BCUT2D eigenvalue weighted by atomic mass is 9.62. The third-order valence-electron chi connectivity index (χ3n) is 4.56. The molecule has 4 nitrogen and oxygen atoms in total. The second-order valence-electron chi connectivity index (χ2n) is 6.38. The summed E-state index contributed by atoms with van der Waals surface area (Å²) in [7, 11) is 1.42. The van der Waals surface area contributed by atoms with Gasteiger partial charge >= 0.3 is 5.97 Å². The Morgan fingerprint density at radius 1 is 1.55 bits per heavy atom. The first-order valence-corrected chi connectivity index (χ1v) is 7.92. The van der Waals surface area contributed by atoms with Gasteiger partial charge in [0.25, 0.3) is 0 Å². The Balaban J connectivity index is 3.14. The Bertz CT molecular complexity index is 440. The molecule has 0 N–H and O–H groups in total. The van der Waals surface area contributed by atoms with E-state index < -0.39 is 0 Å². The van der Waals surface area contributed by atoms with Gasteiger partial charge in [0.05, 0.1) is 19.6 Å². The largest absolute Gasteiger partial charge is 0.469 e. The summed E-state index contributed by atoms with van der Waals surface area (Å²) in [5.74, 6) is -0.0461. The van der Waals surface area contributed by atoms with E-state index >= 15 is 0 Å². The van der Waals surface area contributed by atoms with Crippen molar-refractivity contribution in [3.63, 3.8) is 0 Å². The lowest BCUT2D eigenvalue weighted by molar-refractivity contribution is -0.187. The smallest absolute Gasteiger partial charge is 0.306 e. The van der Waals surface area contributed by atoms with Crippen LogP contribution in [0, 0.1) is 11.3 Å². The van der Waals surface area contributed by atoms with E-state index in [0.717, 1.165) is 17.6 Å². The molecule has 0 spiro atoms. The minimum Gasteiger partial charge on any atom is -0.469 e. The van der Waals surface area contributed by atoms with E-state index in [1.54, 1.807) is 0 Å². The van der Waals surface area contributed by atoms with Crippen LogP contribution in [0.3, 0.4) is 0 Å². The van der Waals surface area contributed by atoms with Gasteiger partial charge in [0.1, 0.15) is 0 Å². The van der Waals surface area contributed by atoms with Gasteiger partial charge in [-0.25, -0.2) is 0 Å². The summed E-state index contributed by atoms with van der Waals surface area (Å²) in [5.41, 5.74) is 1.81. The van der Waals surface area contributed by atoms with E-state index in [0.29, 0.717) is 13.0 Å². The second-order valence-corrected chi connectivity index (χ2v) is 6.38. The zero-order chi connectivity index (χ0) is 16.9. The minimum absolute atomic E-state index is 0.175. The molecule has 0 saturated carbocycles. The van der Waals surface area contributed by atoms with Crippen LogP contribution >= 0.6 is 0 Å². The number of rotatable bonds is 7. The normalized spacial score (nSPS) is 29.6. The van der Waals surface area contributed by atoms with Crippen molar-refractivity contribution in [3.8, 4) is 0 Å². The van der Waals surface area contributed by atoms with Gasteiger partial charge in [-0.2, -0.15) is 0 Å². The van der Waals surface area contributed by atoms with Crippen LogP contribution in [0.2, 0.25) is 0 Å². The number of esters is 1. The second kappa shape index (κ2) is 7.93. The number of hydrogen-bond donors (Lipinski definition) is 0. The van der Waals surface area contributed by atoms with Crippen molar-refractivity contribution in [1.29, 1.82) is 0 Å². The molecule has 126 valence electrons. The summed E-state index contributed by atoms with van der Waals surface area (Å²) in [6, 6.07) is 0. The fraction of sp³-hybridized carbons (Fsp3) is 0.722. The van der Waals surface area contributed by atoms with Crippen molar-refractivity contribution in [2.75, 3.05) is 13.7 Å². The molecule has 1 aliphatic carbocycles. The number of carbonyl (C=O) groups excluding carboxylic acids is 1. The SMILES string of the molecule is C=C(C)[C@@H]1CC=C(C)[C@H](OC(C)OCC)[C@@]1(C)CC(=O)OC. The van der Waals surface area contributed by atoms with Crippen LogP contribution in [0.1, 0.15) is 47.5 Å². The van der Waals surface area contributed by atoms with E-state index in [1.165, 1.54) is 7.11 Å². The predicted molar refractivity (Wildman–Crippen MR) is 87.4 cm³/mol. The average Bonchev–Trinajstić information content (AvgIpc) is 2.43. The van der Waals surface area contributed by atoms with Crippen LogP contribution in [0.15, 0.2) is 23.8 Å². The number of carbonyl (C=O) groups is 1. The van der Waals surface area contributed by atoms with Gasteiger partial charge < -0.3 is 14.2 Å². The average molecular weight is 310 g/mol. The van der Waals surface area contributed by atoms with Crippen molar-refractivity contribution in [3.05, 3.63) is 23.8 Å². The molecule has 0 bridgehead atoms. The molecule has 22 heavy (non-hydrogen) atoms. The third-order valence-corrected chi connectivity index (χ3v) is 4.56. The summed E-state index contributed by atoms with van der Waals surface area (Å²) in [4.78, 5) is 12.0. The maximum Gasteiger partial charge on any atom is 0.306 e. The Morgan fingerprint density at radius 2 is 2.18 bits per heavy atom. The van der Waals surface area contributed by atoms with Crippen LogP contribution < -0.4 is 0 Å². The fourth-order valence-corrected chi connectivity index (χ4v) is 3.47. The van der Waals surface area contributed by atoms with Gasteiger partial charge in [-0.3, -0.25) is 4.79 Å². The summed E-state index contributed by atoms with van der Waals surface area (Å²) in [6.45, 7) is 14.7. The molecule has 1 aliphatic rings. The highest BCUT2D eigenvalue weighted by molar-refractivity contribution is 5.70. The fourth-order valence-electron chi connectivity index (χ4n) is 3.47. The van der Waals surface area contributed by atoms with E-state index in [4.69, 9.17) is 14.2 Å². The Labute approximate surface area is 134 Å². The van der Waals surface area contributed by atoms with Crippen molar-refractivity contribution < 1.29 is 19.0 Å². The van der Waals surface area contributed by atoms with Gasteiger partial charge in [-0.1, -0.05) is 25.2 Å². The van der Waals surface area contributed by atoms with Gasteiger partial charge in [0.2, 0.25) is 0 Å². The van der Waals surface area contributed by atoms with Crippen molar-refractivity contribution in [2.24, 2.45) is 11.3 Å². The highest BCUT2D eigenvalue weighted by Gasteiger charge is 2.47. The summed E-state index contributed by atoms with van der Waals surface area (Å²) in [5, 5.41) is 0. The highest BCUT2D eigenvalue weighted by atomic mass is 16.7. The zero-order valence-corrected chi connectivity index (χ0v) is 14.8. The lowest BCUT2D eigenvalue weighted by Gasteiger charge is -2.47. The molecular weight excluding hydrogens is 280 g/mol. The predicted octanol–water partition coefficient (Wildman–Crippen LogP) is 3.87. The maximum atomic E-state index is 12.0. The zero-order valence-electron chi connectivity index (χ0n) is 14.8. The number of methoxy groups -OCH3 is 1. The van der Waals surface area contributed by atoms with Crippen molar-refractivity contribution in [1.82, 2.24) is 0 Å². The Morgan fingerprint density at radius 3 is 2.68 bits per heavy atom. The molecule has 0 aliphatic heterocycles. The van der Waals surface area contributed by atoms with Gasteiger partial charge in [-0.05, 0) is 45.6 Å². The molecule has 0 aromatic heterocycles. The summed E-state index contributed by atoms with van der Waals surface area (Å²) >= 11 is 0. The molecule has 0 heterocycles. The number of hydrogen-bond acceptors (Lipinski definition) is 4. The molecule has 1 unspecified atom stereocenters. The summed E-state index contributed by atoms with van der Waals surface area (Å²) < 4.78 is 16.6. The molecule has 0 amide bonds. The molecule has 0 aromatic carbocycles. The Hall–Kier alpha value is -1.13. The van der Waals surface area contributed by atoms with E-state index in [2.05, 4.69) is 19.6 Å². The maximum absolute atomic E-state index is 12.0. The monoisotopic (exact) mass is 310 g/mol. The molecule has 1 rings (SSSR count).